The van der Waals surface area contributed by atoms with Crippen LogP contribution < -0.4 is 16.0 Å². The van der Waals surface area contributed by atoms with Gasteiger partial charge in [0.2, 0.25) is 0 Å². The van der Waals surface area contributed by atoms with Crippen LogP contribution in [0.1, 0.15) is 32.7 Å². The molecule has 12 nitrogen and oxygen atoms in total. The fourth-order valence-electron chi connectivity index (χ4n) is 4.10. The number of nitrogen functional groups attached to an aromatic ring is 1. The highest BCUT2D eigenvalue weighted by Crippen LogP contribution is 2.34. The number of hydrogen-bond donors (Lipinski definition) is 4. The number of amidine groups is 1. The molecule has 3 aromatic rings. The lowest BCUT2D eigenvalue weighted by molar-refractivity contribution is -0.384. The van der Waals surface area contributed by atoms with Crippen molar-refractivity contribution in [2.24, 2.45) is 5.73 Å². The molecule has 0 saturated carbocycles. The first-order chi connectivity index (χ1) is 18.1. The Morgan fingerprint density at radius 3 is 2.29 bits per heavy atom. The number of rotatable bonds is 8. The molecule has 194 valence electrons. The Labute approximate surface area is 216 Å². The van der Waals surface area contributed by atoms with Crippen LogP contribution in [-0.4, -0.2) is 58.2 Å². The summed E-state index contributed by atoms with van der Waals surface area (Å²) in [5.41, 5.74) is 7.92. The van der Waals surface area contributed by atoms with Crippen LogP contribution >= 0.6 is 0 Å². The first kappa shape index (κ1) is 25.8. The zero-order valence-corrected chi connectivity index (χ0v) is 20.1. The van der Waals surface area contributed by atoms with Crippen molar-refractivity contribution >= 4 is 46.4 Å². The van der Waals surface area contributed by atoms with Crippen molar-refractivity contribution in [2.45, 2.75) is 6.42 Å². The van der Waals surface area contributed by atoms with Crippen LogP contribution in [0.15, 0.2) is 66.7 Å². The smallest absolute Gasteiger partial charge is 0.305 e. The summed E-state index contributed by atoms with van der Waals surface area (Å²) >= 11 is 0. The maximum atomic E-state index is 13.5. The van der Waals surface area contributed by atoms with Crippen LogP contribution in [0.3, 0.4) is 0 Å². The molecule has 0 atom stereocenters. The summed E-state index contributed by atoms with van der Waals surface area (Å²) in [6, 6.07) is 16.9. The van der Waals surface area contributed by atoms with Gasteiger partial charge in [-0.2, -0.15) is 0 Å². The average Bonchev–Trinajstić information content (AvgIpc) is 3.03. The van der Waals surface area contributed by atoms with Crippen LogP contribution in [0.2, 0.25) is 0 Å². The Kier molecular flexibility index (Phi) is 7.33. The average molecular weight is 517 g/mol. The number of carbonyl (C=O) groups excluding carboxylic acids is 2. The highest BCUT2D eigenvalue weighted by atomic mass is 16.6. The molecule has 3 aromatic carbocycles. The van der Waals surface area contributed by atoms with E-state index in [-0.39, 0.29) is 36.6 Å². The Morgan fingerprint density at radius 2 is 1.68 bits per heavy atom. The maximum Gasteiger partial charge on any atom is 0.305 e. The van der Waals surface area contributed by atoms with E-state index in [2.05, 4.69) is 5.32 Å². The zero-order valence-electron chi connectivity index (χ0n) is 20.1. The van der Waals surface area contributed by atoms with Crippen LogP contribution in [0, 0.1) is 15.5 Å². The molecule has 0 unspecified atom stereocenters. The molecule has 4 rings (SSSR count). The van der Waals surface area contributed by atoms with Gasteiger partial charge in [0.05, 0.1) is 22.6 Å². The summed E-state index contributed by atoms with van der Waals surface area (Å²) < 4.78 is 0. The van der Waals surface area contributed by atoms with Crippen LogP contribution in [0.5, 0.6) is 0 Å². The van der Waals surface area contributed by atoms with Gasteiger partial charge in [-0.25, -0.2) is 0 Å². The number of non-ortho nitro benzene ring substituents is 1. The molecule has 0 radical (unpaired) electrons. The topological polar surface area (TPSA) is 183 Å². The second-order valence-electron chi connectivity index (χ2n) is 8.54. The lowest BCUT2D eigenvalue weighted by Gasteiger charge is -2.25. The molecule has 0 aliphatic carbocycles. The number of amides is 2. The van der Waals surface area contributed by atoms with E-state index in [0.717, 1.165) is 0 Å². The summed E-state index contributed by atoms with van der Waals surface area (Å²) in [5.74, 6) is -1.98. The predicted octanol–water partition coefficient (Wildman–Crippen LogP) is 3.20. The molecule has 1 aliphatic rings. The molecule has 1 aliphatic heterocycles. The van der Waals surface area contributed by atoms with Crippen molar-refractivity contribution in [3.8, 4) is 0 Å². The number of hydrogen-bond acceptors (Lipinski definition) is 7. The Morgan fingerprint density at radius 1 is 1.03 bits per heavy atom. The van der Waals surface area contributed by atoms with Gasteiger partial charge in [0.25, 0.3) is 17.5 Å². The first-order valence-corrected chi connectivity index (χ1v) is 11.6. The molecule has 1 heterocycles. The fourth-order valence-corrected chi connectivity index (χ4v) is 4.10. The van der Waals surface area contributed by atoms with Crippen molar-refractivity contribution in [1.29, 1.82) is 5.41 Å². The number of nitrogens with zero attached hydrogens (tertiary/aromatic N) is 3. The molecule has 0 saturated heterocycles. The molecule has 0 aromatic heterocycles. The second kappa shape index (κ2) is 10.8. The van der Waals surface area contributed by atoms with E-state index in [1.165, 1.54) is 35.2 Å². The van der Waals surface area contributed by atoms with Gasteiger partial charge in [-0.05, 0) is 42.5 Å². The molecule has 0 bridgehead atoms. The van der Waals surface area contributed by atoms with Gasteiger partial charge in [-0.15, -0.1) is 0 Å². The van der Waals surface area contributed by atoms with Crippen LogP contribution in [0.4, 0.5) is 22.7 Å². The maximum absolute atomic E-state index is 13.5. The Balaban J connectivity index is 1.67. The number of nitro groups is 1. The molecule has 5 N–H and O–H groups in total. The van der Waals surface area contributed by atoms with E-state index in [1.807, 2.05) is 4.90 Å². The zero-order chi connectivity index (χ0) is 27.4. The monoisotopic (exact) mass is 516 g/mol. The Bertz CT molecular complexity index is 1420. The van der Waals surface area contributed by atoms with E-state index in [4.69, 9.17) is 16.2 Å². The lowest BCUT2D eigenvalue weighted by Crippen LogP contribution is -2.35. The molecule has 0 spiro atoms. The summed E-state index contributed by atoms with van der Waals surface area (Å²) in [4.78, 5) is 51.2. The van der Waals surface area contributed by atoms with Gasteiger partial charge in [-0.3, -0.25) is 29.9 Å². The highest BCUT2D eigenvalue weighted by molar-refractivity contribution is 6.07. The van der Waals surface area contributed by atoms with E-state index >= 15 is 0 Å². The minimum atomic E-state index is -1.04. The van der Waals surface area contributed by atoms with Gasteiger partial charge in [0, 0.05) is 54.3 Å². The number of nitrogens with one attached hydrogen (secondary N) is 2. The number of anilines is 3. The SMILES string of the molecule is N=C(N)c1ccc(C(=O)Nc2ccc3c(c2)C(=O)N(CCC(=O)O)CCN3c2ccc([N+](=O)[O-])cc2)cc1. The number of benzene rings is 3. The van der Waals surface area contributed by atoms with Crippen LogP contribution in [0.25, 0.3) is 0 Å². The van der Waals surface area contributed by atoms with E-state index in [9.17, 15) is 24.5 Å². The number of nitro benzene ring substituents is 1. The third-order valence-corrected chi connectivity index (χ3v) is 6.08. The van der Waals surface area contributed by atoms with Crippen molar-refractivity contribution in [2.75, 3.05) is 29.9 Å². The number of nitrogens with two attached hydrogens (primary N) is 1. The second-order valence-corrected chi connectivity index (χ2v) is 8.54. The standard InChI is InChI=1S/C26H24N6O6/c27-24(28)16-1-3-17(4-2-16)25(35)29-18-5-10-22-21(15-18)26(36)30(12-11-23(33)34)13-14-31(22)19-6-8-20(9-7-19)32(37)38/h1-10,15H,11-14H2,(H3,27,28)(H,29,35)(H,33,34). The van der Waals surface area contributed by atoms with Crippen molar-refractivity contribution in [3.63, 3.8) is 0 Å². The van der Waals surface area contributed by atoms with Gasteiger partial charge in [0.1, 0.15) is 5.84 Å². The van der Waals surface area contributed by atoms with Crippen molar-refractivity contribution in [3.05, 3.63) is 93.5 Å². The summed E-state index contributed by atoms with van der Waals surface area (Å²) in [7, 11) is 0. The van der Waals surface area contributed by atoms with Gasteiger partial charge in [0.15, 0.2) is 0 Å². The molecular weight excluding hydrogens is 492 g/mol. The van der Waals surface area contributed by atoms with E-state index < -0.39 is 22.7 Å². The minimum Gasteiger partial charge on any atom is -0.481 e. The summed E-state index contributed by atoms with van der Waals surface area (Å²) in [6.07, 6.45) is -0.231. The quantitative estimate of drug-likeness (QED) is 0.152. The largest absolute Gasteiger partial charge is 0.481 e. The molecular formula is C26H24N6O6. The summed E-state index contributed by atoms with van der Waals surface area (Å²) in [6.45, 7) is 0.549. The van der Waals surface area contributed by atoms with Crippen molar-refractivity contribution < 1.29 is 24.4 Å². The highest BCUT2D eigenvalue weighted by Gasteiger charge is 2.28. The van der Waals surface area contributed by atoms with Crippen molar-refractivity contribution in [1.82, 2.24) is 4.90 Å². The van der Waals surface area contributed by atoms with E-state index in [1.54, 1.807) is 36.4 Å². The number of carboxylic acid groups (broad SMARTS) is 1. The van der Waals surface area contributed by atoms with Gasteiger partial charge in [-0.1, -0.05) is 12.1 Å². The van der Waals surface area contributed by atoms with Gasteiger partial charge < -0.3 is 26.0 Å². The predicted molar refractivity (Wildman–Crippen MR) is 140 cm³/mol. The normalized spacial score (nSPS) is 12.9. The Hall–Kier alpha value is -5.26. The number of carbonyl (C=O) groups is 3. The lowest BCUT2D eigenvalue weighted by atomic mass is 10.1. The van der Waals surface area contributed by atoms with E-state index in [0.29, 0.717) is 34.7 Å². The number of fused-ring (bicyclic) bond motifs is 1. The van der Waals surface area contributed by atoms with Gasteiger partial charge >= 0.3 is 5.97 Å². The number of aliphatic carboxylic acids is 1. The molecule has 38 heavy (non-hydrogen) atoms. The molecule has 2 amide bonds. The fraction of sp³-hybridized carbons (Fsp3) is 0.154. The van der Waals surface area contributed by atoms with Crippen LogP contribution in [-0.2, 0) is 4.79 Å². The third kappa shape index (κ3) is 5.59. The first-order valence-electron chi connectivity index (χ1n) is 11.6. The number of carboxylic acids is 1. The minimum absolute atomic E-state index is 0.000786. The third-order valence-electron chi connectivity index (χ3n) is 6.08. The molecule has 0 fully saturated rings. The summed E-state index contributed by atoms with van der Waals surface area (Å²) in [5, 5.41) is 30.4. The molecule has 12 heteroatoms.